The molecule has 0 unspecified atom stereocenters. The maximum atomic E-state index is 12.7. The van der Waals surface area contributed by atoms with Crippen molar-refractivity contribution in [2.75, 3.05) is 12.4 Å². The van der Waals surface area contributed by atoms with Crippen LogP contribution in [0, 0.1) is 32.6 Å². The van der Waals surface area contributed by atoms with E-state index in [1.54, 1.807) is 7.05 Å². The molecule has 0 aliphatic heterocycles. The predicted molar refractivity (Wildman–Crippen MR) is 114 cm³/mol. The van der Waals surface area contributed by atoms with E-state index in [4.69, 9.17) is 0 Å². The minimum atomic E-state index is -0.0141. The fourth-order valence-corrected chi connectivity index (χ4v) is 3.96. The average Bonchev–Trinajstić information content (AvgIpc) is 2.71. The van der Waals surface area contributed by atoms with Gasteiger partial charge in [-0.2, -0.15) is 0 Å². The molecule has 1 aliphatic carbocycles. The Kier molecular flexibility index (Phi) is 6.18. The third kappa shape index (κ3) is 4.44. The number of nitrogens with one attached hydrogen (secondary N) is 2. The predicted octanol–water partition coefficient (Wildman–Crippen LogP) is 4.77. The van der Waals surface area contributed by atoms with Crippen molar-refractivity contribution >= 4 is 17.5 Å². The molecule has 3 rings (SSSR count). The monoisotopic (exact) mass is 378 g/mol. The number of benzene rings is 2. The molecule has 0 aromatic heterocycles. The molecule has 1 saturated carbocycles. The Hall–Kier alpha value is -2.62. The highest BCUT2D eigenvalue weighted by Crippen LogP contribution is 2.31. The van der Waals surface area contributed by atoms with Crippen molar-refractivity contribution in [1.29, 1.82) is 0 Å². The van der Waals surface area contributed by atoms with Gasteiger partial charge in [0.2, 0.25) is 11.8 Å². The highest BCUT2D eigenvalue weighted by Gasteiger charge is 2.29. The van der Waals surface area contributed by atoms with Gasteiger partial charge in [-0.15, -0.1) is 0 Å². The summed E-state index contributed by atoms with van der Waals surface area (Å²) in [5.41, 5.74) is 6.84. The lowest BCUT2D eigenvalue weighted by atomic mass is 9.81. The van der Waals surface area contributed by atoms with Gasteiger partial charge in [0, 0.05) is 24.6 Å². The van der Waals surface area contributed by atoms with Crippen LogP contribution in [-0.2, 0) is 9.59 Å². The first-order valence-electron chi connectivity index (χ1n) is 10.1. The van der Waals surface area contributed by atoms with Crippen LogP contribution in [0.5, 0.6) is 0 Å². The van der Waals surface area contributed by atoms with Crippen LogP contribution in [0.2, 0.25) is 0 Å². The van der Waals surface area contributed by atoms with Crippen LogP contribution >= 0.6 is 0 Å². The lowest BCUT2D eigenvalue weighted by Gasteiger charge is -2.26. The number of hydrogen-bond donors (Lipinski definition) is 2. The van der Waals surface area contributed by atoms with Crippen molar-refractivity contribution in [2.45, 2.75) is 46.5 Å². The summed E-state index contributed by atoms with van der Waals surface area (Å²) in [7, 11) is 1.67. The normalized spacial score (nSPS) is 19.1. The second kappa shape index (κ2) is 8.59. The molecule has 28 heavy (non-hydrogen) atoms. The van der Waals surface area contributed by atoms with Gasteiger partial charge in [-0.25, -0.2) is 0 Å². The van der Waals surface area contributed by atoms with E-state index in [0.717, 1.165) is 42.5 Å². The zero-order valence-electron chi connectivity index (χ0n) is 17.3. The molecule has 2 N–H and O–H groups in total. The van der Waals surface area contributed by atoms with Gasteiger partial charge in [0.05, 0.1) is 0 Å². The quantitative estimate of drug-likeness (QED) is 0.805. The molecule has 2 aromatic carbocycles. The molecule has 0 atom stereocenters. The third-order valence-electron chi connectivity index (χ3n) is 6.04. The number of rotatable bonds is 4. The standard InChI is InChI=1S/C24H30N2O2/c1-15-5-6-20(13-16(15)2)21-11-12-22(17(3)14-21)26-24(28)19-9-7-18(8-10-19)23(27)25-4/h5-6,11-14,18-19H,7-10H2,1-4H3,(H,25,27)(H,26,28). The van der Waals surface area contributed by atoms with Crippen molar-refractivity contribution in [3.63, 3.8) is 0 Å². The minimum Gasteiger partial charge on any atom is -0.359 e. The maximum absolute atomic E-state index is 12.7. The van der Waals surface area contributed by atoms with E-state index < -0.39 is 0 Å². The van der Waals surface area contributed by atoms with E-state index in [2.05, 4.69) is 54.8 Å². The minimum absolute atomic E-state index is 0.0141. The molecule has 2 amide bonds. The van der Waals surface area contributed by atoms with Crippen LogP contribution < -0.4 is 10.6 Å². The molecule has 0 spiro atoms. The Morgan fingerprint density at radius 1 is 0.750 bits per heavy atom. The summed E-state index contributed by atoms with van der Waals surface area (Å²) in [4.78, 5) is 24.4. The second-order valence-corrected chi connectivity index (χ2v) is 7.98. The molecule has 0 heterocycles. The second-order valence-electron chi connectivity index (χ2n) is 7.98. The summed E-state index contributed by atoms with van der Waals surface area (Å²) >= 11 is 0. The summed E-state index contributed by atoms with van der Waals surface area (Å²) in [6, 6.07) is 12.7. The number of carbonyl (C=O) groups is 2. The first kappa shape index (κ1) is 20.1. The molecule has 1 fully saturated rings. The molecule has 0 saturated heterocycles. The number of anilines is 1. The zero-order chi connectivity index (χ0) is 20.3. The van der Waals surface area contributed by atoms with E-state index in [1.807, 2.05) is 13.0 Å². The first-order valence-corrected chi connectivity index (χ1v) is 10.1. The number of amides is 2. The van der Waals surface area contributed by atoms with Gasteiger partial charge in [0.25, 0.3) is 0 Å². The average molecular weight is 379 g/mol. The summed E-state index contributed by atoms with van der Waals surface area (Å²) in [5.74, 6) is 0.196. The third-order valence-corrected chi connectivity index (χ3v) is 6.04. The van der Waals surface area contributed by atoms with Crippen LogP contribution in [0.15, 0.2) is 36.4 Å². The van der Waals surface area contributed by atoms with Crippen molar-refractivity contribution in [2.24, 2.45) is 11.8 Å². The van der Waals surface area contributed by atoms with Crippen LogP contribution in [-0.4, -0.2) is 18.9 Å². The van der Waals surface area contributed by atoms with E-state index in [9.17, 15) is 9.59 Å². The molecule has 0 radical (unpaired) electrons. The van der Waals surface area contributed by atoms with Crippen molar-refractivity contribution < 1.29 is 9.59 Å². The Morgan fingerprint density at radius 2 is 1.29 bits per heavy atom. The largest absolute Gasteiger partial charge is 0.359 e. The molecule has 148 valence electrons. The van der Waals surface area contributed by atoms with Gasteiger partial charge < -0.3 is 10.6 Å². The molecule has 4 nitrogen and oxygen atoms in total. The fraction of sp³-hybridized carbons (Fsp3) is 0.417. The smallest absolute Gasteiger partial charge is 0.227 e. The molecule has 1 aliphatic rings. The van der Waals surface area contributed by atoms with Crippen LogP contribution in [0.25, 0.3) is 11.1 Å². The topological polar surface area (TPSA) is 58.2 Å². The Morgan fingerprint density at radius 3 is 1.82 bits per heavy atom. The van der Waals surface area contributed by atoms with Gasteiger partial charge in [0.15, 0.2) is 0 Å². The van der Waals surface area contributed by atoms with Gasteiger partial charge in [-0.05, 0) is 86.4 Å². The molecular weight excluding hydrogens is 348 g/mol. The van der Waals surface area contributed by atoms with Crippen molar-refractivity contribution in [1.82, 2.24) is 5.32 Å². The van der Waals surface area contributed by atoms with Gasteiger partial charge >= 0.3 is 0 Å². The van der Waals surface area contributed by atoms with E-state index in [0.29, 0.717) is 0 Å². The molecular formula is C24H30N2O2. The lowest BCUT2D eigenvalue weighted by molar-refractivity contribution is -0.128. The Bertz CT molecular complexity index is 880. The molecule has 4 heteroatoms. The summed E-state index contributed by atoms with van der Waals surface area (Å²) < 4.78 is 0. The summed E-state index contributed by atoms with van der Waals surface area (Å²) in [5, 5.41) is 5.81. The highest BCUT2D eigenvalue weighted by atomic mass is 16.2. The number of carbonyl (C=O) groups excluding carboxylic acids is 2. The molecule has 0 bridgehead atoms. The first-order chi connectivity index (χ1) is 13.4. The number of hydrogen-bond acceptors (Lipinski definition) is 2. The van der Waals surface area contributed by atoms with E-state index in [-0.39, 0.29) is 23.7 Å². The number of aryl methyl sites for hydroxylation is 3. The van der Waals surface area contributed by atoms with Crippen LogP contribution in [0.1, 0.15) is 42.4 Å². The fourth-order valence-electron chi connectivity index (χ4n) is 3.96. The van der Waals surface area contributed by atoms with Crippen molar-refractivity contribution in [3.8, 4) is 11.1 Å². The SMILES string of the molecule is CNC(=O)C1CCC(C(=O)Nc2ccc(-c3ccc(C)c(C)c3)cc2C)CC1. The Balaban J connectivity index is 1.65. The Labute approximate surface area is 167 Å². The van der Waals surface area contributed by atoms with Crippen LogP contribution in [0.4, 0.5) is 5.69 Å². The van der Waals surface area contributed by atoms with Crippen molar-refractivity contribution in [3.05, 3.63) is 53.1 Å². The highest BCUT2D eigenvalue weighted by molar-refractivity contribution is 5.94. The summed E-state index contributed by atoms with van der Waals surface area (Å²) in [6.07, 6.45) is 3.10. The lowest BCUT2D eigenvalue weighted by Crippen LogP contribution is -2.33. The zero-order valence-corrected chi connectivity index (χ0v) is 17.3. The van der Waals surface area contributed by atoms with E-state index in [1.165, 1.54) is 16.7 Å². The van der Waals surface area contributed by atoms with E-state index >= 15 is 0 Å². The van der Waals surface area contributed by atoms with Gasteiger partial charge in [0.1, 0.15) is 0 Å². The van der Waals surface area contributed by atoms with Crippen LogP contribution in [0.3, 0.4) is 0 Å². The van der Waals surface area contributed by atoms with Gasteiger partial charge in [-0.1, -0.05) is 24.3 Å². The molecule has 2 aromatic rings. The maximum Gasteiger partial charge on any atom is 0.227 e. The summed E-state index contributed by atoms with van der Waals surface area (Å²) in [6.45, 7) is 6.27. The van der Waals surface area contributed by atoms with Gasteiger partial charge in [-0.3, -0.25) is 9.59 Å².